The first-order valence-corrected chi connectivity index (χ1v) is 13.0. The molecule has 1 aliphatic carbocycles. The van der Waals surface area contributed by atoms with Gasteiger partial charge in [-0.05, 0) is 69.4 Å². The second-order valence-corrected chi connectivity index (χ2v) is 11.3. The number of likely N-dealkylation sites (tertiary alicyclic amines) is 1. The molecule has 1 atom stereocenters. The summed E-state index contributed by atoms with van der Waals surface area (Å²) in [5.41, 5.74) is 3.72. The van der Waals surface area contributed by atoms with Crippen molar-refractivity contribution < 1.29 is 9.00 Å². The summed E-state index contributed by atoms with van der Waals surface area (Å²) in [4.78, 5) is 14.5. The van der Waals surface area contributed by atoms with Gasteiger partial charge >= 0.3 is 6.03 Å². The van der Waals surface area contributed by atoms with E-state index in [-0.39, 0.29) is 0 Å². The topological polar surface area (TPSA) is 79.3 Å². The van der Waals surface area contributed by atoms with Gasteiger partial charge in [-0.2, -0.15) is 5.10 Å². The summed E-state index contributed by atoms with van der Waals surface area (Å²) in [5, 5.41) is 7.81. The van der Waals surface area contributed by atoms with Gasteiger partial charge in [-0.25, -0.2) is 9.00 Å². The lowest BCUT2D eigenvalue weighted by Gasteiger charge is -2.31. The Morgan fingerprint density at radius 1 is 1.35 bits per heavy atom. The van der Waals surface area contributed by atoms with Crippen molar-refractivity contribution in [2.24, 2.45) is 0 Å². The quantitative estimate of drug-likeness (QED) is 0.641. The molecule has 2 aliphatic rings. The van der Waals surface area contributed by atoms with Gasteiger partial charge in [-0.3, -0.25) is 9.40 Å². The van der Waals surface area contributed by atoms with E-state index in [9.17, 15) is 9.00 Å². The van der Waals surface area contributed by atoms with Crippen molar-refractivity contribution in [3.63, 3.8) is 0 Å². The van der Waals surface area contributed by atoms with Gasteiger partial charge in [0.15, 0.2) is 11.0 Å². The third-order valence-corrected chi connectivity index (χ3v) is 8.92. The Balaban J connectivity index is 1.38. The molecule has 0 spiro atoms. The molecule has 1 fully saturated rings. The predicted molar refractivity (Wildman–Crippen MR) is 126 cm³/mol. The number of nitrogens with zero attached hydrogens (tertiary/aromatic N) is 3. The number of carbonyl (C=O) groups excluding carboxylic acids is 1. The highest BCUT2D eigenvalue weighted by Gasteiger charge is 2.26. The minimum atomic E-state index is -1.70. The third kappa shape index (κ3) is 5.34. The molecule has 0 aromatic carbocycles. The average molecular weight is 502 g/mol. The van der Waals surface area contributed by atoms with E-state index in [1.54, 1.807) is 0 Å². The number of carbonyl (C=O) groups is 1. The molecule has 2 amide bonds. The molecule has 0 saturated carbocycles. The molecule has 7 nitrogen and oxygen atoms in total. The Bertz CT molecular complexity index is 992. The first-order chi connectivity index (χ1) is 14.9. The highest BCUT2D eigenvalue weighted by molar-refractivity contribution is 7.86. The molecule has 3 heterocycles. The molecule has 1 unspecified atom stereocenters. The van der Waals surface area contributed by atoms with Crippen LogP contribution in [-0.2, 0) is 17.4 Å². The van der Waals surface area contributed by atoms with Crippen molar-refractivity contribution in [3.8, 4) is 0 Å². The van der Waals surface area contributed by atoms with Gasteiger partial charge in [0.1, 0.15) is 8.55 Å². The summed E-state index contributed by atoms with van der Waals surface area (Å²) in [6.45, 7) is 2.51. The third-order valence-electron chi connectivity index (χ3n) is 5.70. The lowest BCUT2D eigenvalue weighted by molar-refractivity contribution is 0.211. The van der Waals surface area contributed by atoms with E-state index < -0.39 is 17.0 Å². The fourth-order valence-electron chi connectivity index (χ4n) is 4.09. The minimum Gasteiger partial charge on any atom is -0.334 e. The number of fused-ring (bicyclic) bond motifs is 1. The summed E-state index contributed by atoms with van der Waals surface area (Å²) in [5.74, 6) is 0. The molecule has 1 aliphatic heterocycles. The second kappa shape index (κ2) is 10.0. The van der Waals surface area contributed by atoms with Crippen LogP contribution < -0.4 is 10.0 Å². The molecule has 168 valence electrons. The zero-order chi connectivity index (χ0) is 22.0. The normalized spacial score (nSPS) is 19.9. The Labute approximate surface area is 198 Å². The Kier molecular flexibility index (Phi) is 7.38. The van der Waals surface area contributed by atoms with Crippen LogP contribution in [0.2, 0.25) is 9.36 Å². The molecule has 31 heavy (non-hydrogen) atoms. The van der Waals surface area contributed by atoms with Crippen molar-refractivity contribution in [2.75, 3.05) is 26.7 Å². The van der Waals surface area contributed by atoms with E-state index in [2.05, 4.69) is 26.7 Å². The number of rotatable bonds is 5. The largest absolute Gasteiger partial charge is 0.334 e. The van der Waals surface area contributed by atoms with E-state index in [1.165, 1.54) is 22.9 Å². The Hall–Kier alpha value is -1.39. The number of hydrogen-bond donors (Lipinski definition) is 2. The zero-order valence-corrected chi connectivity index (χ0v) is 20.3. The number of aromatic nitrogens is 2. The maximum absolute atomic E-state index is 12.3. The lowest BCUT2D eigenvalue weighted by Crippen LogP contribution is -2.36. The number of piperidine rings is 1. The first kappa shape index (κ1) is 22.8. The van der Waals surface area contributed by atoms with E-state index in [1.807, 2.05) is 12.3 Å². The summed E-state index contributed by atoms with van der Waals surface area (Å²) in [6.07, 6.45) is 9.33. The molecule has 11 heteroatoms. The van der Waals surface area contributed by atoms with Crippen LogP contribution in [0, 0.1) is 0 Å². The van der Waals surface area contributed by atoms with E-state index in [4.69, 9.17) is 28.3 Å². The van der Waals surface area contributed by atoms with Crippen molar-refractivity contribution in [3.05, 3.63) is 39.0 Å². The summed E-state index contributed by atoms with van der Waals surface area (Å²) in [6, 6.07) is 1.42. The van der Waals surface area contributed by atoms with Crippen LogP contribution >= 0.6 is 34.5 Å². The summed E-state index contributed by atoms with van der Waals surface area (Å²) >= 11 is 12.9. The van der Waals surface area contributed by atoms with Gasteiger partial charge < -0.3 is 10.2 Å². The maximum Gasteiger partial charge on any atom is 0.327 e. The van der Waals surface area contributed by atoms with Gasteiger partial charge in [-0.1, -0.05) is 29.3 Å². The average Bonchev–Trinajstić information content (AvgIpc) is 3.33. The molecule has 0 radical (unpaired) electrons. The van der Waals surface area contributed by atoms with E-state index >= 15 is 0 Å². The number of hydrogen-bond acceptors (Lipinski definition) is 5. The molecular formula is C20H25Cl2N5O2S2. The summed E-state index contributed by atoms with van der Waals surface area (Å²) in [7, 11) is 0.456. The molecule has 2 aromatic heterocycles. The minimum absolute atomic E-state index is 0.330. The second-order valence-electron chi connectivity index (χ2n) is 7.85. The van der Waals surface area contributed by atoms with Crippen LogP contribution in [0.4, 0.5) is 4.79 Å². The number of nitrogens with one attached hydrogen (secondary N) is 2. The molecule has 0 bridgehead atoms. The highest BCUT2D eigenvalue weighted by atomic mass is 35.5. The molecule has 2 N–H and O–H groups in total. The number of halogens is 2. The van der Waals surface area contributed by atoms with Crippen LogP contribution in [0.3, 0.4) is 0 Å². The highest BCUT2D eigenvalue weighted by Crippen LogP contribution is 2.35. The van der Waals surface area contributed by atoms with Crippen molar-refractivity contribution in [1.29, 1.82) is 0 Å². The Morgan fingerprint density at radius 3 is 2.84 bits per heavy atom. The van der Waals surface area contributed by atoms with Crippen LogP contribution in [0.15, 0.2) is 22.5 Å². The summed E-state index contributed by atoms with van der Waals surface area (Å²) < 4.78 is 17.6. The van der Waals surface area contributed by atoms with E-state index in [0.717, 1.165) is 56.5 Å². The van der Waals surface area contributed by atoms with Crippen LogP contribution in [0.5, 0.6) is 0 Å². The van der Waals surface area contributed by atoms with Crippen LogP contribution in [-0.4, -0.2) is 51.6 Å². The van der Waals surface area contributed by atoms with Crippen LogP contribution in [0.1, 0.15) is 43.0 Å². The SMILES string of the molecule is CN1CCC(n2ncc3c2/C(=C/CNC(=O)NS(=O)c2cc(Cl)c(Cl)s2)CCC3)CC1. The first-order valence-electron chi connectivity index (χ1n) is 10.3. The van der Waals surface area contributed by atoms with E-state index in [0.29, 0.717) is 26.2 Å². The van der Waals surface area contributed by atoms with Crippen molar-refractivity contribution in [1.82, 2.24) is 24.7 Å². The fourth-order valence-corrected chi connectivity index (χ4v) is 6.64. The van der Waals surface area contributed by atoms with Gasteiger partial charge in [0.05, 0.1) is 23.0 Å². The van der Waals surface area contributed by atoms with Crippen LogP contribution in [0.25, 0.3) is 5.57 Å². The molecule has 4 rings (SSSR count). The number of allylic oxidation sites excluding steroid dienone is 1. The maximum atomic E-state index is 12.3. The lowest BCUT2D eigenvalue weighted by atomic mass is 9.92. The molecular weight excluding hydrogens is 477 g/mol. The number of thiophene rings is 1. The van der Waals surface area contributed by atoms with Gasteiger partial charge in [-0.15, -0.1) is 11.3 Å². The van der Waals surface area contributed by atoms with Crippen molar-refractivity contribution in [2.45, 2.75) is 42.4 Å². The fraction of sp³-hybridized carbons (Fsp3) is 0.500. The number of amides is 2. The smallest absolute Gasteiger partial charge is 0.327 e. The van der Waals surface area contributed by atoms with Crippen molar-refractivity contribution >= 4 is 57.1 Å². The zero-order valence-electron chi connectivity index (χ0n) is 17.2. The van der Waals surface area contributed by atoms with Gasteiger partial charge in [0.25, 0.3) is 0 Å². The van der Waals surface area contributed by atoms with Gasteiger partial charge in [0.2, 0.25) is 0 Å². The predicted octanol–water partition coefficient (Wildman–Crippen LogP) is 4.26. The van der Waals surface area contributed by atoms with Gasteiger partial charge in [0, 0.05) is 6.54 Å². The number of urea groups is 1. The number of aryl methyl sites for hydroxylation is 1. The monoisotopic (exact) mass is 501 g/mol. The molecule has 2 aromatic rings. The molecule has 1 saturated heterocycles. The standard InChI is InChI=1S/C20H25Cl2N5O2S2/c1-26-9-6-15(7-10-26)27-18-13(3-2-4-14(18)12-24-27)5-8-23-20(28)25-31(29)17-11-16(21)19(22)30-17/h5,11-12,15H,2-4,6-10H2,1H3,(H2,23,25,28)/b13-5+. The Morgan fingerprint density at radius 2 is 2.13 bits per heavy atom.